The lowest BCUT2D eigenvalue weighted by atomic mass is 9.97. The fraction of sp³-hybridized carbons (Fsp3) is 0.647. The van der Waals surface area contributed by atoms with Gasteiger partial charge in [-0.05, 0) is 62.0 Å². The fourth-order valence-electron chi connectivity index (χ4n) is 2.93. The molecule has 2 nitrogen and oxygen atoms in total. The molecule has 1 fully saturated rings. The second kappa shape index (κ2) is 7.85. The molecule has 0 amide bonds. The summed E-state index contributed by atoms with van der Waals surface area (Å²) in [6.45, 7) is 9.31. The first kappa shape index (κ1) is 16.4. The van der Waals surface area contributed by atoms with Crippen molar-refractivity contribution in [3.8, 4) is 0 Å². The molecule has 4 heteroatoms. The summed E-state index contributed by atoms with van der Waals surface area (Å²) in [5.74, 6) is -0.192. The zero-order valence-corrected chi connectivity index (χ0v) is 13.0. The Hall–Kier alpha value is -1.00. The minimum absolute atomic E-state index is 0.655. The van der Waals surface area contributed by atoms with Crippen LogP contribution in [0.15, 0.2) is 18.2 Å². The molecule has 118 valence electrons. The molecule has 1 unspecified atom stereocenters. The topological polar surface area (TPSA) is 15.3 Å². The van der Waals surface area contributed by atoms with Gasteiger partial charge in [0.1, 0.15) is 0 Å². The molecule has 1 aliphatic rings. The lowest BCUT2D eigenvalue weighted by Gasteiger charge is -2.33. The van der Waals surface area contributed by atoms with Crippen LogP contribution in [0.25, 0.3) is 0 Å². The highest BCUT2D eigenvalue weighted by molar-refractivity contribution is 5.17. The maximum absolute atomic E-state index is 13.2. The van der Waals surface area contributed by atoms with Crippen LogP contribution >= 0.6 is 0 Å². The van der Waals surface area contributed by atoms with E-state index in [-0.39, 0.29) is 0 Å². The van der Waals surface area contributed by atoms with E-state index in [1.807, 2.05) is 0 Å². The first-order chi connectivity index (χ1) is 10.0. The Morgan fingerprint density at radius 2 is 2.10 bits per heavy atom. The molecule has 1 heterocycles. The van der Waals surface area contributed by atoms with Gasteiger partial charge in [-0.3, -0.25) is 4.90 Å². The normalized spacial score (nSPS) is 20.1. The third-order valence-corrected chi connectivity index (χ3v) is 3.98. The van der Waals surface area contributed by atoms with Gasteiger partial charge in [0.2, 0.25) is 0 Å². The van der Waals surface area contributed by atoms with Gasteiger partial charge in [0.25, 0.3) is 0 Å². The molecule has 2 rings (SSSR count). The minimum atomic E-state index is -0.770. The van der Waals surface area contributed by atoms with E-state index in [2.05, 4.69) is 24.1 Å². The molecular formula is C17H26F2N2. The van der Waals surface area contributed by atoms with Crippen LogP contribution in [0.4, 0.5) is 8.78 Å². The quantitative estimate of drug-likeness (QED) is 0.865. The molecule has 1 saturated heterocycles. The smallest absolute Gasteiger partial charge is 0.159 e. The number of hydrogen-bond donors (Lipinski definition) is 1. The van der Waals surface area contributed by atoms with Gasteiger partial charge in [0.15, 0.2) is 11.6 Å². The third-order valence-electron chi connectivity index (χ3n) is 3.98. The minimum Gasteiger partial charge on any atom is -0.316 e. The number of benzene rings is 1. The second-order valence-corrected chi connectivity index (χ2v) is 6.54. The fourth-order valence-corrected chi connectivity index (χ4v) is 2.93. The van der Waals surface area contributed by atoms with Crippen molar-refractivity contribution in [2.75, 3.05) is 26.2 Å². The van der Waals surface area contributed by atoms with Crippen molar-refractivity contribution in [1.29, 1.82) is 0 Å². The number of likely N-dealkylation sites (tertiary alicyclic amines) is 1. The van der Waals surface area contributed by atoms with Crippen LogP contribution in [0.5, 0.6) is 0 Å². The Morgan fingerprint density at radius 1 is 1.29 bits per heavy atom. The van der Waals surface area contributed by atoms with E-state index >= 15 is 0 Å². The van der Waals surface area contributed by atoms with Gasteiger partial charge in [-0.15, -0.1) is 0 Å². The van der Waals surface area contributed by atoms with Crippen LogP contribution in [-0.2, 0) is 6.54 Å². The molecule has 0 radical (unpaired) electrons. The Balaban J connectivity index is 1.81. The van der Waals surface area contributed by atoms with Crippen LogP contribution in [0, 0.1) is 23.5 Å². The standard InChI is InChI=1S/C17H26F2N2/c1-13(2)9-20-10-15-4-3-7-21(12-15)11-14-5-6-16(18)17(19)8-14/h5-6,8,13,15,20H,3-4,7,9-12H2,1-2H3. The lowest BCUT2D eigenvalue weighted by molar-refractivity contribution is 0.164. The first-order valence-corrected chi connectivity index (χ1v) is 7.91. The Morgan fingerprint density at radius 3 is 2.81 bits per heavy atom. The monoisotopic (exact) mass is 296 g/mol. The number of hydrogen-bond acceptors (Lipinski definition) is 2. The Labute approximate surface area is 126 Å². The highest BCUT2D eigenvalue weighted by Gasteiger charge is 2.20. The molecule has 0 saturated carbocycles. The van der Waals surface area contributed by atoms with Crippen LogP contribution in [0.2, 0.25) is 0 Å². The molecule has 0 bridgehead atoms. The Bertz CT molecular complexity index is 448. The van der Waals surface area contributed by atoms with Crippen molar-refractivity contribution in [3.63, 3.8) is 0 Å². The van der Waals surface area contributed by atoms with Crippen molar-refractivity contribution in [2.45, 2.75) is 33.2 Å². The van der Waals surface area contributed by atoms with Crippen molar-refractivity contribution >= 4 is 0 Å². The van der Waals surface area contributed by atoms with Gasteiger partial charge < -0.3 is 5.32 Å². The van der Waals surface area contributed by atoms with Gasteiger partial charge in [0, 0.05) is 13.1 Å². The molecule has 1 aromatic rings. The summed E-state index contributed by atoms with van der Waals surface area (Å²) < 4.78 is 26.2. The van der Waals surface area contributed by atoms with Crippen molar-refractivity contribution in [2.24, 2.45) is 11.8 Å². The summed E-state index contributed by atoms with van der Waals surface area (Å²) in [6.07, 6.45) is 2.43. The lowest BCUT2D eigenvalue weighted by Crippen LogP contribution is -2.39. The molecule has 1 aliphatic heterocycles. The molecule has 1 N–H and O–H groups in total. The third kappa shape index (κ3) is 5.36. The second-order valence-electron chi connectivity index (χ2n) is 6.54. The summed E-state index contributed by atoms with van der Waals surface area (Å²) in [5, 5.41) is 3.52. The summed E-state index contributed by atoms with van der Waals surface area (Å²) in [5.41, 5.74) is 0.852. The SMILES string of the molecule is CC(C)CNCC1CCCN(Cc2ccc(F)c(F)c2)C1. The summed E-state index contributed by atoms with van der Waals surface area (Å²) >= 11 is 0. The van der Waals surface area contributed by atoms with E-state index in [9.17, 15) is 8.78 Å². The van der Waals surface area contributed by atoms with Crippen molar-refractivity contribution < 1.29 is 8.78 Å². The Kier molecular flexibility index (Phi) is 6.12. The van der Waals surface area contributed by atoms with Crippen molar-refractivity contribution in [3.05, 3.63) is 35.4 Å². The average molecular weight is 296 g/mol. The van der Waals surface area contributed by atoms with Crippen LogP contribution in [-0.4, -0.2) is 31.1 Å². The highest BCUT2D eigenvalue weighted by Crippen LogP contribution is 2.19. The van der Waals surface area contributed by atoms with E-state index in [0.29, 0.717) is 18.4 Å². The van der Waals surface area contributed by atoms with Gasteiger partial charge in [-0.1, -0.05) is 19.9 Å². The number of halogens is 2. The van der Waals surface area contributed by atoms with E-state index in [1.165, 1.54) is 25.0 Å². The molecule has 1 atom stereocenters. The van der Waals surface area contributed by atoms with E-state index in [4.69, 9.17) is 0 Å². The maximum Gasteiger partial charge on any atom is 0.159 e. The van der Waals surface area contributed by atoms with E-state index < -0.39 is 11.6 Å². The van der Waals surface area contributed by atoms with Crippen LogP contribution in [0.3, 0.4) is 0 Å². The summed E-state index contributed by atoms with van der Waals surface area (Å²) in [4.78, 5) is 2.35. The summed E-state index contributed by atoms with van der Waals surface area (Å²) in [6, 6.07) is 4.21. The van der Waals surface area contributed by atoms with Crippen molar-refractivity contribution in [1.82, 2.24) is 10.2 Å². The average Bonchev–Trinajstić information content (AvgIpc) is 2.43. The molecule has 0 aliphatic carbocycles. The molecule has 21 heavy (non-hydrogen) atoms. The molecule has 0 aromatic heterocycles. The molecule has 0 spiro atoms. The number of nitrogens with zero attached hydrogens (tertiary/aromatic N) is 1. The van der Waals surface area contributed by atoms with E-state index in [1.54, 1.807) is 6.07 Å². The van der Waals surface area contributed by atoms with Gasteiger partial charge in [-0.25, -0.2) is 8.78 Å². The zero-order chi connectivity index (χ0) is 15.2. The van der Waals surface area contributed by atoms with Gasteiger partial charge in [0.05, 0.1) is 0 Å². The number of rotatable bonds is 6. The molecular weight excluding hydrogens is 270 g/mol. The first-order valence-electron chi connectivity index (χ1n) is 7.91. The number of nitrogens with one attached hydrogen (secondary N) is 1. The van der Waals surface area contributed by atoms with E-state index in [0.717, 1.165) is 31.7 Å². The number of piperidine rings is 1. The predicted molar refractivity (Wildman–Crippen MR) is 82.1 cm³/mol. The van der Waals surface area contributed by atoms with Gasteiger partial charge >= 0.3 is 0 Å². The maximum atomic E-state index is 13.2. The van der Waals surface area contributed by atoms with Crippen LogP contribution < -0.4 is 5.32 Å². The largest absolute Gasteiger partial charge is 0.316 e. The predicted octanol–water partition coefficient (Wildman–Crippen LogP) is 3.42. The summed E-state index contributed by atoms with van der Waals surface area (Å²) in [7, 11) is 0. The molecule has 1 aromatic carbocycles. The highest BCUT2D eigenvalue weighted by atomic mass is 19.2. The van der Waals surface area contributed by atoms with Gasteiger partial charge in [-0.2, -0.15) is 0 Å². The van der Waals surface area contributed by atoms with Crippen LogP contribution in [0.1, 0.15) is 32.3 Å². The zero-order valence-electron chi connectivity index (χ0n) is 13.0.